The molecule has 3 nitrogen and oxygen atoms in total. The molecule has 0 N–H and O–H groups in total. The molecule has 0 radical (unpaired) electrons. The molecule has 3 aliphatic carbocycles. The molecule has 6 atom stereocenters. The fourth-order valence-corrected chi connectivity index (χ4v) is 8.69. The van der Waals surface area contributed by atoms with Gasteiger partial charge in [0.25, 0.3) is 0 Å². The maximum absolute atomic E-state index is 7.42. The third-order valence-corrected chi connectivity index (χ3v) is 10.5. The van der Waals surface area contributed by atoms with E-state index in [9.17, 15) is 0 Å². The van der Waals surface area contributed by atoms with E-state index in [0.29, 0.717) is 17.9 Å². The van der Waals surface area contributed by atoms with Gasteiger partial charge in [0, 0.05) is 23.8 Å². The molecule has 1 aromatic carbocycles. The number of allylic oxidation sites excluding steroid dienone is 1. The van der Waals surface area contributed by atoms with Crippen molar-refractivity contribution in [1.82, 2.24) is 9.88 Å². The maximum Gasteiger partial charge on any atom is 0.0974 e. The van der Waals surface area contributed by atoms with Crippen LogP contribution in [0.1, 0.15) is 69.8 Å². The first-order valence-corrected chi connectivity index (χ1v) is 13.1. The zero-order valence-corrected chi connectivity index (χ0v) is 20.3. The van der Waals surface area contributed by atoms with E-state index >= 15 is 0 Å². The lowest BCUT2D eigenvalue weighted by Gasteiger charge is -2.54. The highest BCUT2D eigenvalue weighted by Crippen LogP contribution is 2.69. The number of aromatic nitrogens is 1. The summed E-state index contributed by atoms with van der Waals surface area (Å²) in [5.74, 6) is 1.20. The van der Waals surface area contributed by atoms with Gasteiger partial charge in [0.05, 0.1) is 11.2 Å². The number of nitrogens with zero attached hydrogens (tertiary/aromatic N) is 2. The van der Waals surface area contributed by atoms with E-state index in [2.05, 4.69) is 67.3 Å². The Labute approximate surface area is 197 Å². The molecule has 33 heavy (non-hydrogen) atoms. The van der Waals surface area contributed by atoms with Gasteiger partial charge in [-0.1, -0.05) is 31.2 Å². The number of ether oxygens (including phenoxy) is 1. The second-order valence-electron chi connectivity index (χ2n) is 12.0. The summed E-state index contributed by atoms with van der Waals surface area (Å²) in [6.07, 6.45) is 18.9. The summed E-state index contributed by atoms with van der Waals surface area (Å²) < 4.78 is 7.42. The van der Waals surface area contributed by atoms with E-state index < -0.39 is 0 Å². The van der Waals surface area contributed by atoms with Crippen molar-refractivity contribution in [3.8, 4) is 0 Å². The van der Waals surface area contributed by atoms with Crippen LogP contribution in [0.15, 0.2) is 60.0 Å². The van der Waals surface area contributed by atoms with Crippen LogP contribution in [0.25, 0.3) is 10.8 Å². The second-order valence-corrected chi connectivity index (χ2v) is 12.0. The Balaban J connectivity index is 1.28. The fraction of sp³-hybridized carbons (Fsp3) is 0.567. The molecule has 3 heterocycles. The predicted octanol–water partition coefficient (Wildman–Crippen LogP) is 6.41. The number of pyridine rings is 1. The van der Waals surface area contributed by atoms with Crippen molar-refractivity contribution < 1.29 is 4.74 Å². The minimum absolute atomic E-state index is 0.00448. The highest BCUT2D eigenvalue weighted by atomic mass is 16.5. The lowest BCUT2D eigenvalue weighted by Crippen LogP contribution is -2.55. The summed E-state index contributed by atoms with van der Waals surface area (Å²) in [7, 11) is 4.49. The third kappa shape index (κ3) is 2.67. The van der Waals surface area contributed by atoms with Crippen LogP contribution in [0, 0.1) is 11.3 Å². The molecule has 1 aromatic heterocycles. The van der Waals surface area contributed by atoms with Crippen molar-refractivity contribution in [2.75, 3.05) is 14.1 Å². The molecule has 5 aliphatic rings. The van der Waals surface area contributed by atoms with E-state index in [1.54, 1.807) is 5.57 Å². The number of hydrogen-bond acceptors (Lipinski definition) is 3. The molecule has 2 spiro atoms. The van der Waals surface area contributed by atoms with E-state index in [1.165, 1.54) is 73.3 Å². The van der Waals surface area contributed by atoms with Gasteiger partial charge in [0.15, 0.2) is 0 Å². The topological polar surface area (TPSA) is 25.4 Å². The zero-order valence-electron chi connectivity index (χ0n) is 20.3. The van der Waals surface area contributed by atoms with E-state index in [0.717, 1.165) is 0 Å². The number of benzene rings is 1. The standard InChI is InChI=1S/C30H36N2O/c1-28-12-10-24-17-23-6-7-25(32(2)3)18-29(23)13-14-30(24,33-29)27(28)9-8-26(28)21-5-4-20-11-15-31-19-22(20)16-21/h4-5,10-11,15-17,19,25-27H,6-9,12-14,18H2,1-3H3/t25?,26-,27-,28?,29-,30-/m1/s1. The first-order valence-electron chi connectivity index (χ1n) is 13.1. The minimum Gasteiger partial charge on any atom is -0.359 e. The molecule has 2 aromatic rings. The first-order chi connectivity index (χ1) is 15.9. The molecule has 2 unspecified atom stereocenters. The molecule has 3 fully saturated rings. The van der Waals surface area contributed by atoms with Crippen molar-refractivity contribution in [2.45, 2.75) is 81.5 Å². The van der Waals surface area contributed by atoms with Gasteiger partial charge in [0.2, 0.25) is 0 Å². The van der Waals surface area contributed by atoms with Gasteiger partial charge < -0.3 is 9.64 Å². The Bertz CT molecular complexity index is 1200. The van der Waals surface area contributed by atoms with Gasteiger partial charge in [-0.3, -0.25) is 4.98 Å². The van der Waals surface area contributed by atoms with Gasteiger partial charge in [0.1, 0.15) is 0 Å². The molecule has 0 amide bonds. The molecule has 2 saturated carbocycles. The van der Waals surface area contributed by atoms with Gasteiger partial charge in [-0.05, 0) is 117 Å². The summed E-state index contributed by atoms with van der Waals surface area (Å²) in [5.41, 5.74) is 4.82. The number of hydrogen-bond donors (Lipinski definition) is 0. The molecule has 2 aliphatic heterocycles. The largest absolute Gasteiger partial charge is 0.359 e. The van der Waals surface area contributed by atoms with Crippen molar-refractivity contribution in [3.63, 3.8) is 0 Å². The van der Waals surface area contributed by atoms with Crippen LogP contribution in [0.5, 0.6) is 0 Å². The normalized spacial score (nSPS) is 41.4. The zero-order chi connectivity index (χ0) is 22.4. The molecular weight excluding hydrogens is 404 g/mol. The smallest absolute Gasteiger partial charge is 0.0974 e. The third-order valence-electron chi connectivity index (χ3n) is 10.5. The van der Waals surface area contributed by atoms with Crippen molar-refractivity contribution >= 4 is 10.8 Å². The van der Waals surface area contributed by atoms with Crippen LogP contribution >= 0.6 is 0 Å². The molecular formula is C30H36N2O. The van der Waals surface area contributed by atoms with Crippen molar-refractivity contribution in [2.24, 2.45) is 11.3 Å². The lowest BCUT2D eigenvalue weighted by atomic mass is 9.58. The first kappa shape index (κ1) is 20.4. The Hall–Kier alpha value is -1.97. The van der Waals surface area contributed by atoms with Gasteiger partial charge in [-0.2, -0.15) is 0 Å². The molecule has 1 saturated heterocycles. The van der Waals surface area contributed by atoms with E-state index in [1.807, 2.05) is 12.4 Å². The van der Waals surface area contributed by atoms with Crippen molar-refractivity contribution in [1.29, 1.82) is 0 Å². The summed E-state index contributed by atoms with van der Waals surface area (Å²) in [4.78, 5) is 6.81. The Morgan fingerprint density at radius 3 is 2.85 bits per heavy atom. The number of rotatable bonds is 2. The average molecular weight is 441 g/mol. The predicted molar refractivity (Wildman–Crippen MR) is 133 cm³/mol. The maximum atomic E-state index is 7.42. The summed E-state index contributed by atoms with van der Waals surface area (Å²) in [6.45, 7) is 2.57. The SMILES string of the molecule is CN(C)C1CCC2=CC3=CCC4(C)[C@@H](c5ccc6ccncc6c5)CC[C@H]4[C@@]34CC[C@]2(C1)O4. The van der Waals surface area contributed by atoms with Gasteiger partial charge in [-0.25, -0.2) is 0 Å². The number of fused-ring (bicyclic) bond motifs is 2. The van der Waals surface area contributed by atoms with Gasteiger partial charge in [-0.15, -0.1) is 0 Å². The average Bonchev–Trinajstić information content (AvgIpc) is 3.33. The van der Waals surface area contributed by atoms with Crippen LogP contribution in [-0.4, -0.2) is 41.2 Å². The van der Waals surface area contributed by atoms with Crippen LogP contribution in [0.2, 0.25) is 0 Å². The minimum atomic E-state index is -0.0577. The molecule has 172 valence electrons. The highest BCUT2D eigenvalue weighted by Gasteiger charge is 2.66. The Kier molecular flexibility index (Phi) is 4.20. The van der Waals surface area contributed by atoms with Crippen LogP contribution in [0.4, 0.5) is 0 Å². The van der Waals surface area contributed by atoms with Crippen LogP contribution in [0.3, 0.4) is 0 Å². The summed E-state index contributed by atoms with van der Waals surface area (Å²) in [6, 6.07) is 9.86. The van der Waals surface area contributed by atoms with E-state index in [4.69, 9.17) is 4.74 Å². The summed E-state index contributed by atoms with van der Waals surface area (Å²) in [5, 5.41) is 2.56. The monoisotopic (exact) mass is 440 g/mol. The molecule has 2 bridgehead atoms. The molecule has 3 heteroatoms. The van der Waals surface area contributed by atoms with Gasteiger partial charge >= 0.3 is 0 Å². The quantitative estimate of drug-likeness (QED) is 0.540. The highest BCUT2D eigenvalue weighted by molar-refractivity contribution is 5.82. The molecule has 7 rings (SSSR count). The summed E-state index contributed by atoms with van der Waals surface area (Å²) >= 11 is 0. The second kappa shape index (κ2) is 6.79. The van der Waals surface area contributed by atoms with Crippen molar-refractivity contribution in [3.05, 3.63) is 65.5 Å². The Morgan fingerprint density at radius 2 is 1.97 bits per heavy atom. The Morgan fingerprint density at radius 1 is 1.06 bits per heavy atom. The van der Waals surface area contributed by atoms with Crippen LogP contribution < -0.4 is 0 Å². The lowest BCUT2D eigenvalue weighted by molar-refractivity contribution is -0.139. The van der Waals surface area contributed by atoms with E-state index in [-0.39, 0.29) is 16.6 Å². The van der Waals surface area contributed by atoms with Crippen LogP contribution in [-0.2, 0) is 4.74 Å². The fourth-order valence-electron chi connectivity index (χ4n) is 8.69.